The first-order valence-electron chi connectivity index (χ1n) is 15.1. The third-order valence-corrected chi connectivity index (χ3v) is 8.30. The van der Waals surface area contributed by atoms with Gasteiger partial charge in [-0.1, -0.05) is 36.4 Å². The van der Waals surface area contributed by atoms with Crippen LogP contribution in [-0.2, 0) is 4.79 Å². The quantitative estimate of drug-likeness (QED) is 0.186. The van der Waals surface area contributed by atoms with Crippen LogP contribution in [0.1, 0.15) is 24.1 Å². The van der Waals surface area contributed by atoms with E-state index in [0.717, 1.165) is 51.5 Å². The molecule has 45 heavy (non-hydrogen) atoms. The molecule has 1 unspecified atom stereocenters. The van der Waals surface area contributed by atoms with Crippen LogP contribution in [0.3, 0.4) is 0 Å². The molecule has 0 saturated carbocycles. The summed E-state index contributed by atoms with van der Waals surface area (Å²) in [6.07, 6.45) is 0.893. The van der Waals surface area contributed by atoms with Crippen LogP contribution in [0.2, 0.25) is 0 Å². The number of nitriles is 1. The SMILES string of the molecule is Cc1[nH]c(=O)c(C#N)cc1-c1ccc(OCC(=O)N2CCC(NCC(O)COc3cccc4[nH]c5ccccc5c34)CC2)cc1. The molecule has 3 heterocycles. The van der Waals surface area contributed by atoms with E-state index in [9.17, 15) is 20.0 Å². The van der Waals surface area contributed by atoms with Gasteiger partial charge in [0.25, 0.3) is 11.5 Å². The zero-order valence-corrected chi connectivity index (χ0v) is 25.0. The number of carbonyl (C=O) groups excluding carboxylic acids is 1. The molecule has 10 nitrogen and oxygen atoms in total. The second-order valence-corrected chi connectivity index (χ2v) is 11.4. The van der Waals surface area contributed by atoms with Crippen molar-refractivity contribution < 1.29 is 19.4 Å². The highest BCUT2D eigenvalue weighted by atomic mass is 16.5. The molecule has 1 aliphatic heterocycles. The second kappa shape index (κ2) is 13.3. The Morgan fingerprint density at radius 3 is 2.58 bits per heavy atom. The lowest BCUT2D eigenvalue weighted by atomic mass is 10.0. The first-order chi connectivity index (χ1) is 21.9. The minimum absolute atomic E-state index is 0.0566. The van der Waals surface area contributed by atoms with Crippen molar-refractivity contribution >= 4 is 27.7 Å². The fraction of sp³-hybridized carbons (Fsp3) is 0.286. The number of benzene rings is 3. The van der Waals surface area contributed by atoms with Crippen LogP contribution in [0.5, 0.6) is 11.5 Å². The van der Waals surface area contributed by atoms with Crippen LogP contribution in [0.15, 0.2) is 77.6 Å². The number of pyridine rings is 1. The first kappa shape index (κ1) is 29.9. The molecule has 5 aromatic rings. The third-order valence-electron chi connectivity index (χ3n) is 8.30. The molecule has 0 bridgehead atoms. The zero-order chi connectivity index (χ0) is 31.3. The number of rotatable bonds is 10. The Labute approximate surface area is 260 Å². The molecule has 3 aromatic carbocycles. The average molecular weight is 606 g/mol. The van der Waals surface area contributed by atoms with Crippen LogP contribution < -0.4 is 20.3 Å². The highest BCUT2D eigenvalue weighted by Crippen LogP contribution is 2.33. The summed E-state index contributed by atoms with van der Waals surface area (Å²) in [5.74, 6) is 1.22. The number of aliphatic hydroxyl groups is 1. The Morgan fingerprint density at radius 2 is 1.80 bits per heavy atom. The lowest BCUT2D eigenvalue weighted by Gasteiger charge is -2.33. The Kier molecular flexibility index (Phi) is 8.82. The second-order valence-electron chi connectivity index (χ2n) is 11.4. The summed E-state index contributed by atoms with van der Waals surface area (Å²) in [6.45, 7) is 3.52. The summed E-state index contributed by atoms with van der Waals surface area (Å²) in [7, 11) is 0. The molecule has 1 saturated heterocycles. The maximum Gasteiger partial charge on any atom is 0.266 e. The lowest BCUT2D eigenvalue weighted by Crippen LogP contribution is -2.48. The van der Waals surface area contributed by atoms with Crippen molar-refractivity contribution in [1.82, 2.24) is 20.2 Å². The molecule has 2 aromatic heterocycles. The van der Waals surface area contributed by atoms with Crippen molar-refractivity contribution in [1.29, 1.82) is 5.26 Å². The predicted octanol–water partition coefficient (Wildman–Crippen LogP) is 4.26. The largest absolute Gasteiger partial charge is 0.490 e. The maximum atomic E-state index is 12.8. The lowest BCUT2D eigenvalue weighted by molar-refractivity contribution is -0.134. The number of likely N-dealkylation sites (tertiary alicyclic amines) is 1. The van der Waals surface area contributed by atoms with Gasteiger partial charge in [0.05, 0.1) is 5.52 Å². The van der Waals surface area contributed by atoms with Crippen LogP contribution in [0.4, 0.5) is 0 Å². The summed E-state index contributed by atoms with van der Waals surface area (Å²) < 4.78 is 11.8. The van der Waals surface area contributed by atoms with E-state index >= 15 is 0 Å². The third kappa shape index (κ3) is 6.70. The standard InChI is InChI=1S/C35H35N5O5/c1-22-29(17-24(18-36)35(43)38-22)23-9-11-27(12-10-23)44-21-33(42)40-15-13-25(14-16-40)37-19-26(41)20-45-32-8-4-7-31-34(32)28-5-2-3-6-30(28)39-31/h2-12,17,25-26,37,39,41H,13-16,19-21H2,1H3,(H,38,43). The summed E-state index contributed by atoms with van der Waals surface area (Å²) in [5.41, 5.74) is 3.95. The van der Waals surface area contributed by atoms with Gasteiger partial charge >= 0.3 is 0 Å². The van der Waals surface area contributed by atoms with E-state index in [1.54, 1.807) is 30.0 Å². The number of aliphatic hydroxyl groups excluding tert-OH is 1. The minimum Gasteiger partial charge on any atom is -0.490 e. The molecule has 0 radical (unpaired) electrons. The first-order valence-corrected chi connectivity index (χ1v) is 15.1. The Balaban J connectivity index is 0.931. The number of fused-ring (bicyclic) bond motifs is 3. The number of ether oxygens (including phenoxy) is 2. The number of hydrogen-bond acceptors (Lipinski definition) is 7. The number of para-hydroxylation sites is 1. The summed E-state index contributed by atoms with van der Waals surface area (Å²) in [6, 6.07) is 24.9. The molecule has 0 spiro atoms. The van der Waals surface area contributed by atoms with E-state index in [2.05, 4.69) is 21.4 Å². The van der Waals surface area contributed by atoms with Gasteiger partial charge in [-0.15, -0.1) is 0 Å². The number of nitrogens with one attached hydrogen (secondary N) is 3. The number of piperidine rings is 1. The fourth-order valence-corrected chi connectivity index (χ4v) is 5.84. The number of H-pyrrole nitrogens is 2. The van der Waals surface area contributed by atoms with Crippen molar-refractivity contribution in [3.8, 4) is 28.7 Å². The molecule has 0 aliphatic carbocycles. The average Bonchev–Trinajstić information content (AvgIpc) is 3.45. The molecular formula is C35H35N5O5. The highest BCUT2D eigenvalue weighted by Gasteiger charge is 2.23. The number of aromatic amines is 2. The van der Waals surface area contributed by atoms with Crippen molar-refractivity contribution in [2.24, 2.45) is 0 Å². The minimum atomic E-state index is -0.675. The van der Waals surface area contributed by atoms with Crippen molar-refractivity contribution in [3.63, 3.8) is 0 Å². The van der Waals surface area contributed by atoms with Gasteiger partial charge < -0.3 is 34.8 Å². The van der Waals surface area contributed by atoms with Gasteiger partial charge in [0.15, 0.2) is 6.61 Å². The van der Waals surface area contributed by atoms with E-state index in [1.807, 2.05) is 54.6 Å². The number of amides is 1. The smallest absolute Gasteiger partial charge is 0.266 e. The van der Waals surface area contributed by atoms with E-state index < -0.39 is 11.7 Å². The topological polar surface area (TPSA) is 143 Å². The van der Waals surface area contributed by atoms with E-state index in [-0.39, 0.29) is 30.7 Å². The molecule has 1 amide bonds. The summed E-state index contributed by atoms with van der Waals surface area (Å²) >= 11 is 0. The van der Waals surface area contributed by atoms with Crippen LogP contribution in [0.25, 0.3) is 32.9 Å². The van der Waals surface area contributed by atoms with E-state index in [0.29, 0.717) is 31.1 Å². The Hall–Kier alpha value is -5.11. The van der Waals surface area contributed by atoms with Crippen molar-refractivity contribution in [2.45, 2.75) is 31.9 Å². The van der Waals surface area contributed by atoms with Gasteiger partial charge in [0.2, 0.25) is 0 Å². The molecule has 4 N–H and O–H groups in total. The normalized spacial score (nSPS) is 14.4. The number of nitrogens with zero attached hydrogens (tertiary/aromatic N) is 2. The fourth-order valence-electron chi connectivity index (χ4n) is 5.84. The van der Waals surface area contributed by atoms with Crippen LogP contribution in [-0.4, -0.2) is 70.9 Å². The molecular weight excluding hydrogens is 570 g/mol. The summed E-state index contributed by atoms with van der Waals surface area (Å²) in [5, 5.41) is 25.3. The molecule has 1 fully saturated rings. The Morgan fingerprint density at radius 1 is 1.04 bits per heavy atom. The van der Waals surface area contributed by atoms with E-state index in [1.165, 1.54) is 0 Å². The number of aromatic nitrogens is 2. The van der Waals surface area contributed by atoms with Gasteiger partial charge in [-0.05, 0) is 61.7 Å². The van der Waals surface area contributed by atoms with Gasteiger partial charge in [-0.2, -0.15) is 5.26 Å². The Bertz CT molecular complexity index is 1920. The molecule has 230 valence electrons. The van der Waals surface area contributed by atoms with Crippen molar-refractivity contribution in [2.75, 3.05) is 32.8 Å². The van der Waals surface area contributed by atoms with Crippen LogP contribution in [0, 0.1) is 18.3 Å². The maximum absolute atomic E-state index is 12.8. The van der Waals surface area contributed by atoms with Gasteiger partial charge in [-0.3, -0.25) is 9.59 Å². The highest BCUT2D eigenvalue weighted by molar-refractivity contribution is 6.10. The zero-order valence-electron chi connectivity index (χ0n) is 25.0. The molecule has 1 atom stereocenters. The number of carbonyl (C=O) groups is 1. The van der Waals surface area contributed by atoms with E-state index in [4.69, 9.17) is 9.47 Å². The number of aryl methyl sites for hydroxylation is 1. The molecule has 10 heteroatoms. The molecule has 1 aliphatic rings. The van der Waals surface area contributed by atoms with Gasteiger partial charge in [0, 0.05) is 53.2 Å². The molecule has 6 rings (SSSR count). The summed E-state index contributed by atoms with van der Waals surface area (Å²) in [4.78, 5) is 32.6. The number of hydrogen-bond donors (Lipinski definition) is 4. The predicted molar refractivity (Wildman–Crippen MR) is 172 cm³/mol. The monoisotopic (exact) mass is 605 g/mol. The van der Waals surface area contributed by atoms with Gasteiger partial charge in [-0.25, -0.2) is 0 Å². The van der Waals surface area contributed by atoms with Crippen LogP contribution >= 0.6 is 0 Å². The van der Waals surface area contributed by atoms with Gasteiger partial charge in [0.1, 0.15) is 35.8 Å². The van der Waals surface area contributed by atoms with Crippen molar-refractivity contribution in [3.05, 3.63) is 94.4 Å².